The number of nitrogens with two attached hydrogens (primary N) is 1. The summed E-state index contributed by atoms with van der Waals surface area (Å²) in [5, 5.41) is 3.18. The maximum atomic E-state index is 12.4. The van der Waals surface area contributed by atoms with Crippen LogP contribution < -0.4 is 11.1 Å². The van der Waals surface area contributed by atoms with Gasteiger partial charge in [-0.2, -0.15) is 0 Å². The summed E-state index contributed by atoms with van der Waals surface area (Å²) in [7, 11) is 0. The van der Waals surface area contributed by atoms with Crippen molar-refractivity contribution in [3.8, 4) is 0 Å². The van der Waals surface area contributed by atoms with Crippen molar-refractivity contribution in [3.63, 3.8) is 0 Å². The predicted octanol–water partition coefficient (Wildman–Crippen LogP) is 3.25. The predicted molar refractivity (Wildman–Crippen MR) is 106 cm³/mol. The molecule has 0 bridgehead atoms. The van der Waals surface area contributed by atoms with Crippen molar-refractivity contribution >= 4 is 11.6 Å². The highest BCUT2D eigenvalue weighted by atomic mass is 16.5. The minimum atomic E-state index is -0.595. The van der Waals surface area contributed by atoms with Crippen LogP contribution in [0.15, 0.2) is 30.4 Å². The molecule has 0 saturated heterocycles. The monoisotopic (exact) mass is 370 g/mol. The molecule has 0 atom stereocenters. The smallest absolute Gasteiger partial charge is 0.311 e. The SMILES string of the molecule is CCOC(=O)C(C)(C)Cc1cc(C2CC2)cn2cc(CN/C=C(/C)N)nc12. The molecule has 6 heteroatoms. The summed E-state index contributed by atoms with van der Waals surface area (Å²) in [5.74, 6) is 0.461. The number of carbonyl (C=O) groups excluding carboxylic acids is 1. The van der Waals surface area contributed by atoms with Crippen LogP contribution in [0.25, 0.3) is 5.65 Å². The summed E-state index contributed by atoms with van der Waals surface area (Å²) in [5.41, 5.74) is 10.1. The van der Waals surface area contributed by atoms with Gasteiger partial charge in [0.25, 0.3) is 0 Å². The molecule has 0 aliphatic heterocycles. The topological polar surface area (TPSA) is 81.7 Å². The summed E-state index contributed by atoms with van der Waals surface area (Å²) < 4.78 is 7.36. The lowest BCUT2D eigenvalue weighted by Crippen LogP contribution is -2.29. The minimum Gasteiger partial charge on any atom is -0.466 e. The summed E-state index contributed by atoms with van der Waals surface area (Å²) >= 11 is 0. The first-order valence-electron chi connectivity index (χ1n) is 9.63. The number of carbonyl (C=O) groups is 1. The van der Waals surface area contributed by atoms with E-state index in [0.717, 1.165) is 22.6 Å². The number of esters is 1. The number of nitrogens with one attached hydrogen (secondary N) is 1. The molecule has 0 spiro atoms. The average Bonchev–Trinajstić information content (AvgIpc) is 3.35. The van der Waals surface area contributed by atoms with Crippen LogP contribution in [0, 0.1) is 5.41 Å². The van der Waals surface area contributed by atoms with E-state index in [1.165, 1.54) is 18.4 Å². The van der Waals surface area contributed by atoms with E-state index < -0.39 is 5.41 Å². The van der Waals surface area contributed by atoms with Crippen LogP contribution in [0.2, 0.25) is 0 Å². The Kier molecular flexibility index (Phi) is 5.44. The van der Waals surface area contributed by atoms with E-state index in [1.807, 2.05) is 27.7 Å². The fourth-order valence-corrected chi connectivity index (χ4v) is 3.29. The molecule has 6 nitrogen and oxygen atoms in total. The lowest BCUT2D eigenvalue weighted by molar-refractivity contribution is -0.153. The Bertz CT molecular complexity index is 858. The van der Waals surface area contributed by atoms with Crippen molar-refractivity contribution in [2.45, 2.75) is 59.4 Å². The molecule has 0 radical (unpaired) electrons. The van der Waals surface area contributed by atoms with E-state index in [1.54, 1.807) is 6.20 Å². The quantitative estimate of drug-likeness (QED) is 0.697. The van der Waals surface area contributed by atoms with Gasteiger partial charge in [-0.05, 0) is 64.0 Å². The van der Waals surface area contributed by atoms with E-state index in [0.29, 0.717) is 25.5 Å². The fraction of sp³-hybridized carbons (Fsp3) is 0.524. The highest BCUT2D eigenvalue weighted by Crippen LogP contribution is 2.41. The van der Waals surface area contributed by atoms with Gasteiger partial charge in [0.05, 0.1) is 24.3 Å². The zero-order valence-electron chi connectivity index (χ0n) is 16.7. The third-order valence-corrected chi connectivity index (χ3v) is 4.82. The van der Waals surface area contributed by atoms with Crippen molar-refractivity contribution in [2.24, 2.45) is 11.1 Å². The lowest BCUT2D eigenvalue weighted by Gasteiger charge is -2.23. The Morgan fingerprint density at radius 1 is 1.44 bits per heavy atom. The Balaban J connectivity index is 1.93. The van der Waals surface area contributed by atoms with Gasteiger partial charge in [0.2, 0.25) is 0 Å². The number of nitrogens with zero attached hydrogens (tertiary/aromatic N) is 2. The standard InChI is InChI=1S/C21H30N4O2/c1-5-27-20(26)21(3,4)9-16-8-17(15-6-7-15)12-25-13-18(24-19(16)25)11-23-10-14(2)22/h8,10,12-13,15,23H,5-7,9,11,22H2,1-4H3/b14-10-. The Labute approximate surface area is 160 Å². The molecule has 2 aromatic heterocycles. The number of fused-ring (bicyclic) bond motifs is 1. The maximum absolute atomic E-state index is 12.4. The molecular formula is C21H30N4O2. The highest BCUT2D eigenvalue weighted by Gasteiger charge is 2.32. The van der Waals surface area contributed by atoms with Crippen molar-refractivity contribution in [2.75, 3.05) is 6.61 Å². The third kappa shape index (κ3) is 4.62. The molecule has 0 unspecified atom stereocenters. The molecule has 27 heavy (non-hydrogen) atoms. The van der Waals surface area contributed by atoms with Crippen LogP contribution in [0.3, 0.4) is 0 Å². The second-order valence-corrected chi connectivity index (χ2v) is 8.09. The number of pyridine rings is 1. The van der Waals surface area contributed by atoms with Gasteiger partial charge in [-0.1, -0.05) is 6.07 Å². The van der Waals surface area contributed by atoms with E-state index in [-0.39, 0.29) is 5.97 Å². The molecule has 3 N–H and O–H groups in total. The fourth-order valence-electron chi connectivity index (χ4n) is 3.29. The van der Waals surface area contributed by atoms with Gasteiger partial charge in [-0.25, -0.2) is 4.98 Å². The zero-order valence-corrected chi connectivity index (χ0v) is 16.7. The first-order valence-corrected chi connectivity index (χ1v) is 9.63. The lowest BCUT2D eigenvalue weighted by atomic mass is 9.85. The summed E-state index contributed by atoms with van der Waals surface area (Å²) in [6.07, 6.45) is 9.07. The van der Waals surface area contributed by atoms with Crippen LogP contribution in [0.4, 0.5) is 0 Å². The molecule has 2 heterocycles. The summed E-state index contributed by atoms with van der Waals surface area (Å²) in [6, 6.07) is 2.22. The molecule has 1 fully saturated rings. The second-order valence-electron chi connectivity index (χ2n) is 8.09. The number of imidazole rings is 1. The Morgan fingerprint density at radius 2 is 2.19 bits per heavy atom. The minimum absolute atomic E-state index is 0.169. The van der Waals surface area contributed by atoms with Gasteiger partial charge < -0.3 is 20.2 Å². The largest absolute Gasteiger partial charge is 0.466 e. The maximum Gasteiger partial charge on any atom is 0.311 e. The van der Waals surface area contributed by atoms with Gasteiger partial charge in [0.15, 0.2) is 0 Å². The van der Waals surface area contributed by atoms with Crippen molar-refractivity contribution in [1.82, 2.24) is 14.7 Å². The molecule has 1 aliphatic carbocycles. The first kappa shape index (κ1) is 19.3. The average molecular weight is 370 g/mol. The van der Waals surface area contributed by atoms with E-state index in [9.17, 15) is 4.79 Å². The van der Waals surface area contributed by atoms with Crippen LogP contribution in [-0.2, 0) is 22.5 Å². The molecule has 0 aromatic carbocycles. The number of aromatic nitrogens is 2. The van der Waals surface area contributed by atoms with Crippen LogP contribution in [-0.4, -0.2) is 22.0 Å². The number of hydrogen-bond acceptors (Lipinski definition) is 5. The normalized spacial score (nSPS) is 15.2. The molecule has 3 rings (SSSR count). The molecular weight excluding hydrogens is 340 g/mol. The van der Waals surface area contributed by atoms with E-state index >= 15 is 0 Å². The molecule has 1 saturated carbocycles. The Hall–Kier alpha value is -2.50. The molecule has 1 aliphatic rings. The van der Waals surface area contributed by atoms with Crippen LogP contribution in [0.5, 0.6) is 0 Å². The van der Waals surface area contributed by atoms with Gasteiger partial charge in [0, 0.05) is 24.3 Å². The number of hydrogen-bond donors (Lipinski definition) is 2. The summed E-state index contributed by atoms with van der Waals surface area (Å²) in [4.78, 5) is 17.2. The second kappa shape index (κ2) is 7.62. The van der Waals surface area contributed by atoms with Crippen molar-refractivity contribution in [3.05, 3.63) is 47.2 Å². The number of rotatable bonds is 8. The van der Waals surface area contributed by atoms with Crippen molar-refractivity contribution < 1.29 is 9.53 Å². The van der Waals surface area contributed by atoms with Gasteiger partial charge in [-0.3, -0.25) is 4.79 Å². The van der Waals surface area contributed by atoms with Gasteiger partial charge in [-0.15, -0.1) is 0 Å². The molecule has 2 aromatic rings. The molecule has 146 valence electrons. The van der Waals surface area contributed by atoms with Crippen LogP contribution in [0.1, 0.15) is 63.3 Å². The van der Waals surface area contributed by atoms with E-state index in [2.05, 4.69) is 28.2 Å². The van der Waals surface area contributed by atoms with Gasteiger partial charge >= 0.3 is 5.97 Å². The number of allylic oxidation sites excluding steroid dienone is 1. The first-order chi connectivity index (χ1) is 12.8. The highest BCUT2D eigenvalue weighted by molar-refractivity contribution is 5.76. The number of ether oxygens (including phenoxy) is 1. The van der Waals surface area contributed by atoms with Crippen molar-refractivity contribution in [1.29, 1.82) is 0 Å². The van der Waals surface area contributed by atoms with Gasteiger partial charge in [0.1, 0.15) is 5.65 Å². The third-order valence-electron chi connectivity index (χ3n) is 4.82. The summed E-state index contributed by atoms with van der Waals surface area (Å²) in [6.45, 7) is 8.55. The van der Waals surface area contributed by atoms with Crippen LogP contribution >= 0.6 is 0 Å². The Morgan fingerprint density at radius 3 is 2.81 bits per heavy atom. The molecule has 0 amide bonds. The van der Waals surface area contributed by atoms with E-state index in [4.69, 9.17) is 15.5 Å². The zero-order chi connectivity index (χ0) is 19.6.